The normalized spacial score (nSPS) is 22.2. The number of piperidine rings is 1. The van der Waals surface area contributed by atoms with Crippen molar-refractivity contribution >= 4 is 28.6 Å². The Morgan fingerprint density at radius 2 is 2.35 bits per heavy atom. The van der Waals surface area contributed by atoms with Gasteiger partial charge < -0.3 is 10.4 Å². The number of aromatic nitrogens is 2. The van der Waals surface area contributed by atoms with Crippen molar-refractivity contribution in [3.63, 3.8) is 0 Å². The van der Waals surface area contributed by atoms with Crippen LogP contribution in [0.2, 0.25) is 0 Å². The van der Waals surface area contributed by atoms with Crippen molar-refractivity contribution in [2.24, 2.45) is 0 Å². The van der Waals surface area contributed by atoms with Crippen LogP contribution in [0.5, 0.6) is 0 Å². The van der Waals surface area contributed by atoms with Gasteiger partial charge in [0.05, 0.1) is 40.5 Å². The van der Waals surface area contributed by atoms with Gasteiger partial charge in [-0.1, -0.05) is 0 Å². The van der Waals surface area contributed by atoms with Gasteiger partial charge >= 0.3 is 0 Å². The average molecular weight is 352 g/mol. The van der Waals surface area contributed by atoms with E-state index in [9.17, 15) is 9.90 Å². The Morgan fingerprint density at radius 3 is 3.00 bits per heavy atom. The van der Waals surface area contributed by atoms with Crippen molar-refractivity contribution in [2.45, 2.75) is 38.5 Å². The number of amides is 1. The number of aliphatic hydroxyl groups excluding tert-OH is 1. The minimum absolute atomic E-state index is 0.0766. The molecule has 0 radical (unpaired) electrons. The fraction of sp³-hybridized carbons (Fsp3) is 0.533. The number of carbonyl (C=O) groups excluding carboxylic acids is 1. The number of aryl methyl sites for hydroxylation is 1. The first-order valence-corrected chi connectivity index (χ1v) is 9.40. The molecule has 0 saturated carbocycles. The molecule has 1 saturated heterocycles. The maximum Gasteiger partial charge on any atom is 0.226 e. The van der Waals surface area contributed by atoms with Crippen LogP contribution in [0.1, 0.15) is 22.8 Å². The third-order valence-electron chi connectivity index (χ3n) is 3.89. The molecule has 0 aliphatic carbocycles. The zero-order valence-corrected chi connectivity index (χ0v) is 14.6. The summed E-state index contributed by atoms with van der Waals surface area (Å²) in [6, 6.07) is -0.186. The van der Waals surface area contributed by atoms with Crippen LogP contribution in [0.4, 0.5) is 0 Å². The number of β-amino-alcohol motifs (C(OH)–C–C–N with tert-alkyl or cyclic N) is 1. The second-order valence-corrected chi connectivity index (χ2v) is 7.56. The topological polar surface area (TPSA) is 78.4 Å². The van der Waals surface area contributed by atoms with E-state index < -0.39 is 6.10 Å². The summed E-state index contributed by atoms with van der Waals surface area (Å²) in [4.78, 5) is 22.8. The van der Waals surface area contributed by atoms with E-state index in [1.54, 1.807) is 22.7 Å². The summed E-state index contributed by atoms with van der Waals surface area (Å²) in [5.74, 6) is -0.0766. The van der Waals surface area contributed by atoms with Crippen LogP contribution in [-0.2, 0) is 17.8 Å². The van der Waals surface area contributed by atoms with E-state index in [2.05, 4.69) is 20.2 Å². The third kappa shape index (κ3) is 4.57. The summed E-state index contributed by atoms with van der Waals surface area (Å²) in [5, 5.41) is 18.1. The third-order valence-corrected chi connectivity index (χ3v) is 5.35. The summed E-state index contributed by atoms with van der Waals surface area (Å²) >= 11 is 3.12. The molecule has 2 aromatic rings. The molecule has 3 heterocycles. The van der Waals surface area contributed by atoms with Crippen molar-refractivity contribution in [1.29, 1.82) is 0 Å². The predicted molar refractivity (Wildman–Crippen MR) is 90.5 cm³/mol. The molecule has 8 heteroatoms. The Labute approximate surface area is 143 Å². The lowest BCUT2D eigenvalue weighted by Gasteiger charge is -2.35. The summed E-state index contributed by atoms with van der Waals surface area (Å²) in [6.45, 7) is 4.07. The van der Waals surface area contributed by atoms with Crippen molar-refractivity contribution in [1.82, 2.24) is 20.2 Å². The van der Waals surface area contributed by atoms with Crippen molar-refractivity contribution in [3.8, 4) is 0 Å². The Kier molecular flexibility index (Phi) is 5.37. The highest BCUT2D eigenvalue weighted by atomic mass is 32.1. The predicted octanol–water partition coefficient (Wildman–Crippen LogP) is 1.20. The van der Waals surface area contributed by atoms with E-state index in [-0.39, 0.29) is 18.4 Å². The second kappa shape index (κ2) is 7.48. The minimum Gasteiger partial charge on any atom is -0.390 e. The van der Waals surface area contributed by atoms with E-state index >= 15 is 0 Å². The molecule has 2 N–H and O–H groups in total. The molecule has 1 fully saturated rings. The summed E-state index contributed by atoms with van der Waals surface area (Å²) in [6.07, 6.45) is 0.465. The fourth-order valence-electron chi connectivity index (χ4n) is 2.77. The Bertz CT molecular complexity index is 644. The molecule has 1 aliphatic rings. The van der Waals surface area contributed by atoms with Crippen molar-refractivity contribution in [2.75, 3.05) is 13.1 Å². The number of thiazole rings is 2. The fourth-order valence-corrected chi connectivity index (χ4v) is 3.93. The molecule has 0 spiro atoms. The van der Waals surface area contributed by atoms with Crippen LogP contribution in [-0.4, -0.2) is 51.1 Å². The zero-order chi connectivity index (χ0) is 16.2. The average Bonchev–Trinajstić information content (AvgIpc) is 3.14. The summed E-state index contributed by atoms with van der Waals surface area (Å²) in [5.41, 5.74) is 3.64. The first-order valence-electron chi connectivity index (χ1n) is 7.58. The molecular formula is C15H20N4O2S2. The van der Waals surface area contributed by atoms with E-state index in [0.29, 0.717) is 6.54 Å². The molecule has 0 bridgehead atoms. The zero-order valence-electron chi connectivity index (χ0n) is 12.9. The smallest absolute Gasteiger partial charge is 0.226 e. The van der Waals surface area contributed by atoms with Gasteiger partial charge in [-0.15, -0.1) is 22.7 Å². The van der Waals surface area contributed by atoms with Gasteiger partial charge in [-0.05, 0) is 13.3 Å². The molecule has 0 aromatic carbocycles. The van der Waals surface area contributed by atoms with Crippen LogP contribution in [0.15, 0.2) is 16.3 Å². The summed E-state index contributed by atoms with van der Waals surface area (Å²) in [7, 11) is 0. The Morgan fingerprint density at radius 1 is 1.48 bits per heavy atom. The molecule has 23 heavy (non-hydrogen) atoms. The first-order chi connectivity index (χ1) is 11.1. The van der Waals surface area contributed by atoms with E-state index in [1.807, 2.05) is 23.2 Å². The quantitative estimate of drug-likeness (QED) is 0.845. The van der Waals surface area contributed by atoms with Gasteiger partial charge in [-0.3, -0.25) is 9.69 Å². The molecular weight excluding hydrogens is 332 g/mol. The molecule has 0 unspecified atom stereocenters. The van der Waals surface area contributed by atoms with Gasteiger partial charge in [0, 0.05) is 30.4 Å². The molecule has 124 valence electrons. The molecule has 2 atom stereocenters. The monoisotopic (exact) mass is 352 g/mol. The number of hydrogen-bond donors (Lipinski definition) is 2. The number of nitrogens with zero attached hydrogens (tertiary/aromatic N) is 3. The van der Waals surface area contributed by atoms with Crippen molar-refractivity contribution < 1.29 is 9.90 Å². The molecule has 1 amide bonds. The number of hydrogen-bond acceptors (Lipinski definition) is 7. The van der Waals surface area contributed by atoms with Crippen molar-refractivity contribution in [3.05, 3.63) is 32.7 Å². The highest BCUT2D eigenvalue weighted by molar-refractivity contribution is 7.09. The van der Waals surface area contributed by atoms with Gasteiger partial charge in [-0.25, -0.2) is 9.97 Å². The van der Waals surface area contributed by atoms with E-state index in [4.69, 9.17) is 0 Å². The SMILES string of the molecule is Cc1nc(CC(=O)N[C@H]2CCN(Cc3cscn3)C[C@@H]2O)cs1. The first kappa shape index (κ1) is 16.5. The summed E-state index contributed by atoms with van der Waals surface area (Å²) < 4.78 is 0. The highest BCUT2D eigenvalue weighted by Crippen LogP contribution is 2.15. The van der Waals surface area contributed by atoms with Gasteiger partial charge in [0.25, 0.3) is 0 Å². The van der Waals surface area contributed by atoms with Gasteiger partial charge in [-0.2, -0.15) is 0 Å². The maximum atomic E-state index is 12.1. The van der Waals surface area contributed by atoms with E-state index in [0.717, 1.165) is 35.9 Å². The molecule has 2 aromatic heterocycles. The number of likely N-dealkylation sites (tertiary alicyclic amines) is 1. The van der Waals surface area contributed by atoms with E-state index in [1.165, 1.54) is 0 Å². The lowest BCUT2D eigenvalue weighted by Crippen LogP contribution is -2.54. The molecule has 1 aliphatic heterocycles. The molecule has 6 nitrogen and oxygen atoms in total. The number of rotatable bonds is 5. The van der Waals surface area contributed by atoms with Gasteiger partial charge in [0.15, 0.2) is 0 Å². The molecule has 3 rings (SSSR count). The Balaban J connectivity index is 1.47. The maximum absolute atomic E-state index is 12.1. The van der Waals surface area contributed by atoms with Gasteiger partial charge in [0.2, 0.25) is 5.91 Å². The standard InChI is InChI=1S/C15H20N4O2S2/c1-10-17-11(8-23-10)4-15(21)18-13-2-3-19(6-14(13)20)5-12-7-22-9-16-12/h7-9,13-14,20H,2-6H2,1H3,(H,18,21)/t13-,14-/m0/s1. The highest BCUT2D eigenvalue weighted by Gasteiger charge is 2.29. The number of aliphatic hydroxyl groups is 1. The Hall–Kier alpha value is -1.35. The largest absolute Gasteiger partial charge is 0.390 e. The van der Waals surface area contributed by atoms with Crippen LogP contribution in [0.25, 0.3) is 0 Å². The number of nitrogens with one attached hydrogen (secondary N) is 1. The van der Waals surface area contributed by atoms with Crippen LogP contribution in [0, 0.1) is 6.92 Å². The van der Waals surface area contributed by atoms with Crippen LogP contribution in [0.3, 0.4) is 0 Å². The lowest BCUT2D eigenvalue weighted by atomic mass is 10.0. The lowest BCUT2D eigenvalue weighted by molar-refractivity contribution is -0.122. The van der Waals surface area contributed by atoms with Gasteiger partial charge in [0.1, 0.15) is 0 Å². The second-order valence-electron chi connectivity index (χ2n) is 5.78. The van der Waals surface area contributed by atoms with Crippen LogP contribution < -0.4 is 5.32 Å². The van der Waals surface area contributed by atoms with Crippen LogP contribution >= 0.6 is 22.7 Å². The minimum atomic E-state index is -0.552. The number of carbonyl (C=O) groups is 1.